The Kier molecular flexibility index (Phi) is 6.50. The third-order valence-corrected chi connectivity index (χ3v) is 4.62. The summed E-state index contributed by atoms with van der Waals surface area (Å²) in [4.78, 5) is 24.4. The van der Waals surface area contributed by atoms with Crippen molar-refractivity contribution >= 4 is 11.9 Å². The molecule has 0 saturated heterocycles. The zero-order valence-electron chi connectivity index (χ0n) is 17.7. The molecule has 1 aliphatic rings. The lowest BCUT2D eigenvalue weighted by Crippen LogP contribution is -2.36. The average Bonchev–Trinajstić information content (AvgIpc) is 3.17. The van der Waals surface area contributed by atoms with Crippen LogP contribution in [0.25, 0.3) is 0 Å². The minimum Gasteiger partial charge on any atom is -0.482 e. The van der Waals surface area contributed by atoms with E-state index >= 15 is 0 Å². The predicted octanol–water partition coefficient (Wildman–Crippen LogP) is 3.34. The quantitative estimate of drug-likeness (QED) is 0.701. The number of rotatable bonds is 7. The molecule has 0 aromatic heterocycles. The van der Waals surface area contributed by atoms with Gasteiger partial charge in [0, 0.05) is 6.54 Å². The first-order chi connectivity index (χ1) is 14.2. The second kappa shape index (κ2) is 9.07. The van der Waals surface area contributed by atoms with Gasteiger partial charge in [0.25, 0.3) is 5.91 Å². The van der Waals surface area contributed by atoms with Crippen molar-refractivity contribution in [3.63, 3.8) is 0 Å². The van der Waals surface area contributed by atoms with E-state index in [0.717, 1.165) is 11.1 Å². The van der Waals surface area contributed by atoms with Crippen LogP contribution in [0.4, 0.5) is 0 Å². The van der Waals surface area contributed by atoms with Crippen LogP contribution in [-0.4, -0.2) is 31.4 Å². The molecule has 7 nitrogen and oxygen atoms in total. The Labute approximate surface area is 176 Å². The molecule has 0 aliphatic carbocycles. The van der Waals surface area contributed by atoms with Crippen LogP contribution in [0.2, 0.25) is 0 Å². The average molecular weight is 413 g/mol. The first kappa shape index (κ1) is 21.5. The molecule has 7 heteroatoms. The summed E-state index contributed by atoms with van der Waals surface area (Å²) < 4.78 is 21.4. The van der Waals surface area contributed by atoms with E-state index < -0.39 is 18.0 Å². The first-order valence-electron chi connectivity index (χ1n) is 9.82. The summed E-state index contributed by atoms with van der Waals surface area (Å²) in [7, 11) is 0. The molecule has 1 heterocycles. The highest BCUT2D eigenvalue weighted by Gasteiger charge is 2.21. The summed E-state index contributed by atoms with van der Waals surface area (Å²) in [6, 6.07) is 13.0. The number of benzene rings is 2. The number of para-hydroxylation sites is 1. The smallest absolute Gasteiger partial charge is 0.344 e. The van der Waals surface area contributed by atoms with Crippen LogP contribution in [0.5, 0.6) is 17.2 Å². The molecule has 1 N–H and O–H groups in total. The third kappa shape index (κ3) is 5.43. The molecular formula is C23H27NO6. The fraction of sp³-hybridized carbons (Fsp3) is 0.391. The number of esters is 1. The summed E-state index contributed by atoms with van der Waals surface area (Å²) in [5, 5.41) is 2.74. The normalized spacial score (nSPS) is 13.5. The highest BCUT2D eigenvalue weighted by molar-refractivity contribution is 5.83. The van der Waals surface area contributed by atoms with Crippen LogP contribution >= 0.6 is 0 Å². The SMILES string of the molecule is C[C@@H](OC(=O)COc1ccccc1C(C)(C)C)C(=O)NCc1ccc2c(c1)OCO2. The maximum atomic E-state index is 12.3. The Morgan fingerprint density at radius 2 is 1.83 bits per heavy atom. The van der Waals surface area contributed by atoms with Gasteiger partial charge in [-0.3, -0.25) is 4.79 Å². The predicted molar refractivity (Wildman–Crippen MR) is 111 cm³/mol. The molecule has 1 atom stereocenters. The molecular weight excluding hydrogens is 386 g/mol. The van der Waals surface area contributed by atoms with Gasteiger partial charge in [0.1, 0.15) is 5.75 Å². The Bertz CT molecular complexity index is 918. The highest BCUT2D eigenvalue weighted by atomic mass is 16.7. The lowest BCUT2D eigenvalue weighted by molar-refractivity contribution is -0.156. The van der Waals surface area contributed by atoms with Crippen molar-refractivity contribution in [1.29, 1.82) is 0 Å². The zero-order valence-corrected chi connectivity index (χ0v) is 17.7. The van der Waals surface area contributed by atoms with Gasteiger partial charge < -0.3 is 24.3 Å². The number of fused-ring (bicyclic) bond motifs is 1. The molecule has 0 spiro atoms. The van der Waals surface area contributed by atoms with E-state index in [2.05, 4.69) is 26.1 Å². The van der Waals surface area contributed by atoms with E-state index in [-0.39, 0.29) is 25.4 Å². The minimum absolute atomic E-state index is 0.123. The van der Waals surface area contributed by atoms with Crippen molar-refractivity contribution in [2.24, 2.45) is 0 Å². The van der Waals surface area contributed by atoms with Gasteiger partial charge in [0.15, 0.2) is 24.2 Å². The van der Waals surface area contributed by atoms with Crippen LogP contribution in [0.3, 0.4) is 0 Å². The second-order valence-electron chi connectivity index (χ2n) is 8.07. The van der Waals surface area contributed by atoms with Crippen molar-refractivity contribution in [1.82, 2.24) is 5.32 Å². The van der Waals surface area contributed by atoms with Gasteiger partial charge in [-0.2, -0.15) is 0 Å². The fourth-order valence-electron chi connectivity index (χ4n) is 3.02. The second-order valence-corrected chi connectivity index (χ2v) is 8.07. The summed E-state index contributed by atoms with van der Waals surface area (Å²) in [5.41, 5.74) is 1.73. The Morgan fingerprint density at radius 1 is 1.10 bits per heavy atom. The molecule has 0 bridgehead atoms. The molecule has 160 valence electrons. The number of amides is 1. The van der Waals surface area contributed by atoms with E-state index in [1.54, 1.807) is 12.1 Å². The Balaban J connectivity index is 1.47. The van der Waals surface area contributed by atoms with Gasteiger partial charge in [-0.25, -0.2) is 4.79 Å². The van der Waals surface area contributed by atoms with Crippen molar-refractivity contribution in [3.8, 4) is 17.2 Å². The van der Waals surface area contributed by atoms with Crippen LogP contribution in [-0.2, 0) is 26.3 Å². The van der Waals surface area contributed by atoms with Crippen LogP contribution in [0.1, 0.15) is 38.8 Å². The van der Waals surface area contributed by atoms with Crippen LogP contribution in [0, 0.1) is 0 Å². The number of carbonyl (C=O) groups excluding carboxylic acids is 2. The van der Waals surface area contributed by atoms with E-state index in [1.165, 1.54) is 6.92 Å². The summed E-state index contributed by atoms with van der Waals surface area (Å²) in [6.07, 6.45) is -0.937. The molecule has 1 aliphatic heterocycles. The maximum absolute atomic E-state index is 12.3. The van der Waals surface area contributed by atoms with E-state index in [4.69, 9.17) is 18.9 Å². The van der Waals surface area contributed by atoms with E-state index in [1.807, 2.05) is 30.3 Å². The molecule has 1 amide bonds. The molecule has 0 radical (unpaired) electrons. The number of carbonyl (C=O) groups is 2. The third-order valence-electron chi connectivity index (χ3n) is 4.62. The Morgan fingerprint density at radius 3 is 2.60 bits per heavy atom. The number of hydrogen-bond acceptors (Lipinski definition) is 6. The van der Waals surface area contributed by atoms with Gasteiger partial charge in [-0.15, -0.1) is 0 Å². The minimum atomic E-state index is -0.937. The first-order valence-corrected chi connectivity index (χ1v) is 9.82. The van der Waals surface area contributed by atoms with Crippen molar-refractivity contribution in [2.45, 2.75) is 45.8 Å². The van der Waals surface area contributed by atoms with Crippen molar-refractivity contribution < 1.29 is 28.5 Å². The van der Waals surface area contributed by atoms with E-state index in [0.29, 0.717) is 17.2 Å². The molecule has 30 heavy (non-hydrogen) atoms. The molecule has 3 rings (SSSR count). The van der Waals surface area contributed by atoms with Crippen molar-refractivity contribution in [3.05, 3.63) is 53.6 Å². The standard InChI is InChI=1S/C23H27NO6/c1-15(22(26)24-12-16-9-10-19-20(11-16)29-14-28-19)30-21(25)13-27-18-8-6-5-7-17(18)23(2,3)4/h5-11,15H,12-14H2,1-4H3,(H,24,26)/t15-/m1/s1. The molecule has 0 unspecified atom stereocenters. The highest BCUT2D eigenvalue weighted by Crippen LogP contribution is 2.32. The number of nitrogens with one attached hydrogen (secondary N) is 1. The lowest BCUT2D eigenvalue weighted by Gasteiger charge is -2.22. The van der Waals surface area contributed by atoms with Gasteiger partial charge in [-0.1, -0.05) is 45.0 Å². The Hall–Kier alpha value is -3.22. The topological polar surface area (TPSA) is 83.1 Å². The zero-order chi connectivity index (χ0) is 21.7. The number of hydrogen-bond donors (Lipinski definition) is 1. The van der Waals surface area contributed by atoms with Crippen LogP contribution < -0.4 is 19.5 Å². The van der Waals surface area contributed by atoms with Gasteiger partial charge in [0.05, 0.1) is 0 Å². The monoisotopic (exact) mass is 413 g/mol. The number of ether oxygens (including phenoxy) is 4. The molecule has 0 fully saturated rings. The molecule has 2 aromatic carbocycles. The van der Waals surface area contributed by atoms with Gasteiger partial charge in [0.2, 0.25) is 6.79 Å². The summed E-state index contributed by atoms with van der Waals surface area (Å²) in [6.45, 7) is 7.94. The lowest BCUT2D eigenvalue weighted by atomic mass is 9.86. The van der Waals surface area contributed by atoms with E-state index in [9.17, 15) is 9.59 Å². The van der Waals surface area contributed by atoms with Crippen LogP contribution in [0.15, 0.2) is 42.5 Å². The summed E-state index contributed by atoms with van der Waals surface area (Å²) in [5.74, 6) is 0.955. The molecule has 2 aromatic rings. The maximum Gasteiger partial charge on any atom is 0.344 e. The van der Waals surface area contributed by atoms with Gasteiger partial charge >= 0.3 is 5.97 Å². The van der Waals surface area contributed by atoms with Gasteiger partial charge in [-0.05, 0) is 41.7 Å². The summed E-state index contributed by atoms with van der Waals surface area (Å²) >= 11 is 0. The molecule has 0 saturated carbocycles. The largest absolute Gasteiger partial charge is 0.482 e. The fourth-order valence-corrected chi connectivity index (χ4v) is 3.02. The van der Waals surface area contributed by atoms with Crippen molar-refractivity contribution in [2.75, 3.05) is 13.4 Å².